The van der Waals surface area contributed by atoms with Gasteiger partial charge in [-0.05, 0) is 55.3 Å². The van der Waals surface area contributed by atoms with Gasteiger partial charge in [-0.1, -0.05) is 18.2 Å². The van der Waals surface area contributed by atoms with Crippen molar-refractivity contribution in [3.8, 4) is 22.8 Å². The second kappa shape index (κ2) is 8.52. The highest BCUT2D eigenvalue weighted by atomic mass is 16.5. The summed E-state index contributed by atoms with van der Waals surface area (Å²) in [4.78, 5) is 15.6. The first-order valence-electron chi connectivity index (χ1n) is 9.06. The standard InChI is InChI=1S/C22H25N3O3/c1-14-18(11-12-20(27-3)21(14)28-4)15(2)24-22(26)25-17-9-7-16(8-10-17)19-6-5-13-23-19/h5-13,15,23H,1-4H3,(H2,24,25,26). The van der Waals surface area contributed by atoms with Gasteiger partial charge < -0.3 is 25.1 Å². The number of hydrogen-bond donors (Lipinski definition) is 3. The van der Waals surface area contributed by atoms with E-state index < -0.39 is 0 Å². The summed E-state index contributed by atoms with van der Waals surface area (Å²) in [6.07, 6.45) is 1.88. The quantitative estimate of drug-likeness (QED) is 0.571. The van der Waals surface area contributed by atoms with Crippen LogP contribution in [-0.2, 0) is 0 Å². The number of urea groups is 1. The number of nitrogens with one attached hydrogen (secondary N) is 3. The van der Waals surface area contributed by atoms with Crippen molar-refractivity contribution in [1.82, 2.24) is 10.3 Å². The van der Waals surface area contributed by atoms with Crippen molar-refractivity contribution in [1.29, 1.82) is 0 Å². The zero-order chi connectivity index (χ0) is 20.1. The number of rotatable bonds is 6. The number of carbonyl (C=O) groups is 1. The number of aromatic nitrogens is 1. The number of methoxy groups -OCH3 is 2. The Morgan fingerprint density at radius 1 is 1.04 bits per heavy atom. The molecule has 0 aliphatic rings. The maximum Gasteiger partial charge on any atom is 0.319 e. The molecule has 1 heterocycles. The summed E-state index contributed by atoms with van der Waals surface area (Å²) in [5.74, 6) is 1.34. The molecule has 0 saturated heterocycles. The molecule has 1 aromatic heterocycles. The largest absolute Gasteiger partial charge is 0.493 e. The lowest BCUT2D eigenvalue weighted by Crippen LogP contribution is -2.31. The highest BCUT2D eigenvalue weighted by molar-refractivity contribution is 5.89. The molecule has 0 bridgehead atoms. The van der Waals surface area contributed by atoms with Crippen LogP contribution in [0.15, 0.2) is 54.7 Å². The van der Waals surface area contributed by atoms with Gasteiger partial charge in [0.05, 0.1) is 20.3 Å². The lowest BCUT2D eigenvalue weighted by molar-refractivity contribution is 0.249. The molecule has 3 aromatic rings. The molecule has 2 aromatic carbocycles. The van der Waals surface area contributed by atoms with Crippen LogP contribution in [0, 0.1) is 6.92 Å². The fourth-order valence-electron chi connectivity index (χ4n) is 3.25. The molecule has 0 saturated carbocycles. The molecular weight excluding hydrogens is 354 g/mol. The van der Waals surface area contributed by atoms with E-state index in [0.29, 0.717) is 11.5 Å². The second-order valence-electron chi connectivity index (χ2n) is 6.50. The molecule has 3 N–H and O–H groups in total. The highest BCUT2D eigenvalue weighted by Crippen LogP contribution is 2.35. The van der Waals surface area contributed by atoms with Gasteiger partial charge in [0.25, 0.3) is 0 Å². The molecule has 28 heavy (non-hydrogen) atoms. The van der Waals surface area contributed by atoms with Crippen LogP contribution in [0.2, 0.25) is 0 Å². The van der Waals surface area contributed by atoms with E-state index in [1.165, 1.54) is 0 Å². The molecule has 6 heteroatoms. The Morgan fingerprint density at radius 3 is 2.39 bits per heavy atom. The number of H-pyrrole nitrogens is 1. The van der Waals surface area contributed by atoms with Crippen LogP contribution in [0.5, 0.6) is 11.5 Å². The zero-order valence-corrected chi connectivity index (χ0v) is 16.5. The number of amides is 2. The number of ether oxygens (including phenoxy) is 2. The lowest BCUT2D eigenvalue weighted by atomic mass is 10.0. The third-order valence-corrected chi connectivity index (χ3v) is 4.70. The van der Waals surface area contributed by atoms with E-state index in [-0.39, 0.29) is 12.1 Å². The van der Waals surface area contributed by atoms with Crippen LogP contribution in [-0.4, -0.2) is 25.2 Å². The minimum Gasteiger partial charge on any atom is -0.493 e. The fourth-order valence-corrected chi connectivity index (χ4v) is 3.25. The van der Waals surface area contributed by atoms with Crippen molar-refractivity contribution >= 4 is 11.7 Å². The Hall–Kier alpha value is -3.41. The predicted molar refractivity (Wildman–Crippen MR) is 111 cm³/mol. The first kappa shape index (κ1) is 19.4. The molecule has 0 aliphatic carbocycles. The van der Waals surface area contributed by atoms with E-state index in [2.05, 4.69) is 15.6 Å². The van der Waals surface area contributed by atoms with Crippen LogP contribution < -0.4 is 20.1 Å². The number of benzene rings is 2. The third-order valence-electron chi connectivity index (χ3n) is 4.70. The Kier molecular flexibility index (Phi) is 5.89. The SMILES string of the molecule is COc1ccc(C(C)NC(=O)Nc2ccc(-c3ccc[nH]3)cc2)c(C)c1OC. The third kappa shape index (κ3) is 4.11. The molecule has 0 spiro atoms. The summed E-state index contributed by atoms with van der Waals surface area (Å²) < 4.78 is 10.8. The normalized spacial score (nSPS) is 11.6. The number of carbonyl (C=O) groups excluding carboxylic acids is 1. The van der Waals surface area contributed by atoms with Crippen molar-refractivity contribution in [2.75, 3.05) is 19.5 Å². The van der Waals surface area contributed by atoms with Gasteiger partial charge in [-0.2, -0.15) is 0 Å². The van der Waals surface area contributed by atoms with Gasteiger partial charge in [-0.15, -0.1) is 0 Å². The summed E-state index contributed by atoms with van der Waals surface area (Å²) in [5, 5.41) is 5.83. The molecule has 3 rings (SSSR count). The molecule has 1 unspecified atom stereocenters. The summed E-state index contributed by atoms with van der Waals surface area (Å²) in [6.45, 7) is 3.88. The van der Waals surface area contributed by atoms with Crippen molar-refractivity contribution < 1.29 is 14.3 Å². The Labute approximate surface area is 164 Å². The molecular formula is C22H25N3O3. The van der Waals surface area contributed by atoms with Gasteiger partial charge >= 0.3 is 6.03 Å². The van der Waals surface area contributed by atoms with E-state index in [4.69, 9.17) is 9.47 Å². The van der Waals surface area contributed by atoms with Crippen LogP contribution in [0.3, 0.4) is 0 Å². The van der Waals surface area contributed by atoms with E-state index in [9.17, 15) is 4.79 Å². The van der Waals surface area contributed by atoms with Crippen LogP contribution in [0.1, 0.15) is 24.1 Å². The van der Waals surface area contributed by atoms with Crippen LogP contribution in [0.25, 0.3) is 11.3 Å². The van der Waals surface area contributed by atoms with Gasteiger partial charge in [0.2, 0.25) is 0 Å². The first-order valence-corrected chi connectivity index (χ1v) is 9.06. The first-order chi connectivity index (χ1) is 13.5. The van der Waals surface area contributed by atoms with Crippen molar-refractivity contribution in [2.24, 2.45) is 0 Å². The monoisotopic (exact) mass is 379 g/mol. The van der Waals surface area contributed by atoms with E-state index in [1.807, 2.05) is 68.6 Å². The van der Waals surface area contributed by atoms with Gasteiger partial charge in [0.1, 0.15) is 0 Å². The summed E-state index contributed by atoms with van der Waals surface area (Å²) in [5.41, 5.74) is 4.72. The van der Waals surface area contributed by atoms with E-state index >= 15 is 0 Å². The van der Waals surface area contributed by atoms with E-state index in [0.717, 1.165) is 28.1 Å². The molecule has 0 radical (unpaired) electrons. The number of hydrogen-bond acceptors (Lipinski definition) is 3. The second-order valence-corrected chi connectivity index (χ2v) is 6.50. The van der Waals surface area contributed by atoms with Crippen molar-refractivity contribution in [3.05, 3.63) is 65.9 Å². The molecule has 146 valence electrons. The summed E-state index contributed by atoms with van der Waals surface area (Å²) in [6, 6.07) is 14.9. The van der Waals surface area contributed by atoms with Crippen LogP contribution in [0.4, 0.5) is 10.5 Å². The average molecular weight is 379 g/mol. The van der Waals surface area contributed by atoms with Gasteiger partial charge in [-0.25, -0.2) is 4.79 Å². The Balaban J connectivity index is 1.66. The number of aromatic amines is 1. The van der Waals surface area contributed by atoms with Gasteiger partial charge in [-0.3, -0.25) is 0 Å². The fraction of sp³-hybridized carbons (Fsp3) is 0.227. The van der Waals surface area contributed by atoms with E-state index in [1.54, 1.807) is 14.2 Å². The van der Waals surface area contributed by atoms with Crippen molar-refractivity contribution in [2.45, 2.75) is 19.9 Å². The number of anilines is 1. The van der Waals surface area contributed by atoms with Crippen molar-refractivity contribution in [3.63, 3.8) is 0 Å². The average Bonchev–Trinajstić information content (AvgIpc) is 3.22. The molecule has 2 amide bonds. The minimum atomic E-state index is -0.269. The zero-order valence-electron chi connectivity index (χ0n) is 16.5. The highest BCUT2D eigenvalue weighted by Gasteiger charge is 2.17. The molecule has 0 fully saturated rings. The summed E-state index contributed by atoms with van der Waals surface area (Å²) in [7, 11) is 3.21. The summed E-state index contributed by atoms with van der Waals surface area (Å²) >= 11 is 0. The maximum absolute atomic E-state index is 12.4. The Morgan fingerprint density at radius 2 is 1.79 bits per heavy atom. The molecule has 6 nitrogen and oxygen atoms in total. The topological polar surface area (TPSA) is 75.4 Å². The smallest absolute Gasteiger partial charge is 0.319 e. The van der Waals surface area contributed by atoms with Gasteiger partial charge in [0.15, 0.2) is 11.5 Å². The van der Waals surface area contributed by atoms with Gasteiger partial charge in [0, 0.05) is 23.1 Å². The maximum atomic E-state index is 12.4. The minimum absolute atomic E-state index is 0.196. The predicted octanol–water partition coefficient (Wildman–Crippen LogP) is 4.89. The lowest BCUT2D eigenvalue weighted by Gasteiger charge is -2.20. The molecule has 1 atom stereocenters. The van der Waals surface area contributed by atoms with Crippen LogP contribution >= 0.6 is 0 Å². The molecule has 0 aliphatic heterocycles. The Bertz CT molecular complexity index is 934.